The van der Waals surface area contributed by atoms with Gasteiger partial charge in [-0.05, 0) is 18.6 Å². The van der Waals surface area contributed by atoms with Crippen LogP contribution in [0, 0.1) is 6.92 Å². The Labute approximate surface area is 99.0 Å². The smallest absolute Gasteiger partial charge is 0.196 e. The lowest BCUT2D eigenvalue weighted by Gasteiger charge is -2.07. The summed E-state index contributed by atoms with van der Waals surface area (Å²) < 4.78 is 0. The number of phenols is 2. The quantitative estimate of drug-likeness (QED) is 0.613. The van der Waals surface area contributed by atoms with Crippen molar-refractivity contribution in [2.24, 2.45) is 0 Å². The number of hydrogen-bond donors (Lipinski definition) is 2. The molecule has 0 aromatic heterocycles. The predicted molar refractivity (Wildman–Crippen MR) is 64.4 cm³/mol. The van der Waals surface area contributed by atoms with Crippen LogP contribution in [0.3, 0.4) is 0 Å². The fourth-order valence-electron chi connectivity index (χ4n) is 1.61. The van der Waals surface area contributed by atoms with Gasteiger partial charge in [0.05, 0.1) is 5.56 Å². The van der Waals surface area contributed by atoms with E-state index in [2.05, 4.69) is 0 Å². The number of ketones is 1. The van der Waals surface area contributed by atoms with Crippen molar-refractivity contribution in [3.63, 3.8) is 0 Å². The highest BCUT2D eigenvalue weighted by molar-refractivity contribution is 6.11. The minimum absolute atomic E-state index is 0.110. The number of aromatic hydroxyl groups is 2. The molecule has 0 aliphatic heterocycles. The fraction of sp³-hybridized carbons (Fsp3) is 0.0714. The van der Waals surface area contributed by atoms with Gasteiger partial charge in [-0.15, -0.1) is 0 Å². The van der Waals surface area contributed by atoms with Crippen molar-refractivity contribution in [1.82, 2.24) is 0 Å². The fourth-order valence-corrected chi connectivity index (χ4v) is 1.61. The standard InChI is InChI=1S/C14H12O3/c1-9-7-8-11(14(17)12(9)15)13(16)10-5-3-2-4-6-10/h2-8,15,17H,1H3. The zero-order chi connectivity index (χ0) is 12.4. The molecule has 0 fully saturated rings. The normalized spacial score (nSPS) is 10.2. The maximum absolute atomic E-state index is 12.1. The Hall–Kier alpha value is -2.29. The highest BCUT2D eigenvalue weighted by Crippen LogP contribution is 2.33. The molecule has 2 aromatic rings. The van der Waals surface area contributed by atoms with Crippen LogP contribution in [0.2, 0.25) is 0 Å². The Morgan fingerprint density at radius 2 is 1.59 bits per heavy atom. The minimum Gasteiger partial charge on any atom is -0.504 e. The van der Waals surface area contributed by atoms with E-state index in [0.29, 0.717) is 11.1 Å². The van der Waals surface area contributed by atoms with E-state index in [4.69, 9.17) is 0 Å². The average Bonchev–Trinajstić information content (AvgIpc) is 2.36. The van der Waals surface area contributed by atoms with Gasteiger partial charge in [0.1, 0.15) is 0 Å². The van der Waals surface area contributed by atoms with Gasteiger partial charge in [-0.1, -0.05) is 36.4 Å². The predicted octanol–water partition coefficient (Wildman–Crippen LogP) is 2.64. The third kappa shape index (κ3) is 1.99. The maximum atomic E-state index is 12.1. The summed E-state index contributed by atoms with van der Waals surface area (Å²) in [4.78, 5) is 12.1. The van der Waals surface area contributed by atoms with Gasteiger partial charge in [-0.2, -0.15) is 0 Å². The summed E-state index contributed by atoms with van der Waals surface area (Å²) in [5, 5.41) is 19.3. The van der Waals surface area contributed by atoms with Crippen molar-refractivity contribution in [2.45, 2.75) is 6.92 Å². The third-order valence-corrected chi connectivity index (χ3v) is 2.63. The summed E-state index contributed by atoms with van der Waals surface area (Å²) in [5.74, 6) is -0.913. The average molecular weight is 228 g/mol. The topological polar surface area (TPSA) is 57.5 Å². The van der Waals surface area contributed by atoms with Crippen molar-refractivity contribution in [2.75, 3.05) is 0 Å². The molecule has 2 aromatic carbocycles. The van der Waals surface area contributed by atoms with E-state index in [1.54, 1.807) is 37.3 Å². The first kappa shape index (κ1) is 11.2. The van der Waals surface area contributed by atoms with Gasteiger partial charge in [0.25, 0.3) is 0 Å². The molecule has 17 heavy (non-hydrogen) atoms. The Morgan fingerprint density at radius 1 is 0.941 bits per heavy atom. The Morgan fingerprint density at radius 3 is 2.24 bits per heavy atom. The van der Waals surface area contributed by atoms with Gasteiger partial charge in [-0.3, -0.25) is 4.79 Å². The van der Waals surface area contributed by atoms with Crippen LogP contribution >= 0.6 is 0 Å². The number of phenolic OH excluding ortho intramolecular Hbond substituents is 2. The molecule has 0 unspecified atom stereocenters. The van der Waals surface area contributed by atoms with Gasteiger partial charge in [0, 0.05) is 5.56 Å². The molecule has 0 saturated carbocycles. The number of rotatable bonds is 2. The van der Waals surface area contributed by atoms with Crippen LogP contribution in [0.5, 0.6) is 11.5 Å². The van der Waals surface area contributed by atoms with E-state index >= 15 is 0 Å². The summed E-state index contributed by atoms with van der Waals surface area (Å²) in [7, 11) is 0. The van der Waals surface area contributed by atoms with Gasteiger partial charge >= 0.3 is 0 Å². The molecular formula is C14H12O3. The van der Waals surface area contributed by atoms with Crippen LogP contribution in [0.1, 0.15) is 21.5 Å². The number of aryl methyl sites for hydroxylation is 1. The third-order valence-electron chi connectivity index (χ3n) is 2.63. The van der Waals surface area contributed by atoms with Gasteiger partial charge in [-0.25, -0.2) is 0 Å². The van der Waals surface area contributed by atoms with Crippen LogP contribution in [-0.4, -0.2) is 16.0 Å². The Kier molecular flexibility index (Phi) is 2.83. The van der Waals surface area contributed by atoms with E-state index in [9.17, 15) is 15.0 Å². The Balaban J connectivity index is 2.49. The molecule has 2 rings (SSSR count). The lowest BCUT2D eigenvalue weighted by molar-refractivity contribution is 0.103. The van der Waals surface area contributed by atoms with Gasteiger partial charge < -0.3 is 10.2 Å². The molecule has 3 heteroatoms. The van der Waals surface area contributed by atoms with Crippen LogP contribution < -0.4 is 0 Å². The van der Waals surface area contributed by atoms with E-state index < -0.39 is 0 Å². The maximum Gasteiger partial charge on any atom is 0.196 e. The number of carbonyl (C=O) groups is 1. The summed E-state index contributed by atoms with van der Waals surface area (Å²) in [6.45, 7) is 1.66. The van der Waals surface area contributed by atoms with Crippen molar-refractivity contribution < 1.29 is 15.0 Å². The van der Waals surface area contributed by atoms with Crippen molar-refractivity contribution in [3.8, 4) is 11.5 Å². The molecule has 2 N–H and O–H groups in total. The Bertz CT molecular complexity index is 559. The van der Waals surface area contributed by atoms with E-state index in [1.165, 1.54) is 6.07 Å². The summed E-state index contributed by atoms with van der Waals surface area (Å²) in [5.41, 5.74) is 1.12. The van der Waals surface area contributed by atoms with Crippen LogP contribution in [0.25, 0.3) is 0 Å². The molecule has 0 saturated heterocycles. The van der Waals surface area contributed by atoms with E-state index in [-0.39, 0.29) is 22.8 Å². The molecule has 3 nitrogen and oxygen atoms in total. The zero-order valence-electron chi connectivity index (χ0n) is 9.34. The summed E-state index contributed by atoms with van der Waals surface area (Å²) >= 11 is 0. The number of benzene rings is 2. The van der Waals surface area contributed by atoms with Gasteiger partial charge in [0.2, 0.25) is 0 Å². The molecule has 0 aliphatic rings. The number of carbonyl (C=O) groups excluding carboxylic acids is 1. The summed E-state index contributed by atoms with van der Waals surface area (Å²) in [6.07, 6.45) is 0. The largest absolute Gasteiger partial charge is 0.504 e. The molecule has 0 atom stereocenters. The zero-order valence-corrected chi connectivity index (χ0v) is 9.34. The molecule has 0 heterocycles. The first-order valence-corrected chi connectivity index (χ1v) is 5.22. The highest BCUT2D eigenvalue weighted by Gasteiger charge is 2.16. The second kappa shape index (κ2) is 4.29. The second-order valence-corrected chi connectivity index (χ2v) is 3.82. The first-order chi connectivity index (χ1) is 8.11. The lowest BCUT2D eigenvalue weighted by atomic mass is 10.0. The monoisotopic (exact) mass is 228 g/mol. The van der Waals surface area contributed by atoms with Crippen molar-refractivity contribution >= 4 is 5.78 Å². The first-order valence-electron chi connectivity index (χ1n) is 5.22. The SMILES string of the molecule is Cc1ccc(C(=O)c2ccccc2)c(O)c1O. The van der Waals surface area contributed by atoms with Crippen LogP contribution in [-0.2, 0) is 0 Å². The van der Waals surface area contributed by atoms with E-state index in [0.717, 1.165) is 0 Å². The molecule has 0 amide bonds. The van der Waals surface area contributed by atoms with Gasteiger partial charge in [0.15, 0.2) is 17.3 Å². The van der Waals surface area contributed by atoms with Crippen molar-refractivity contribution in [1.29, 1.82) is 0 Å². The molecule has 0 bridgehead atoms. The second-order valence-electron chi connectivity index (χ2n) is 3.82. The van der Waals surface area contributed by atoms with Crippen LogP contribution in [0.15, 0.2) is 42.5 Å². The van der Waals surface area contributed by atoms with Crippen molar-refractivity contribution in [3.05, 3.63) is 59.2 Å². The molecule has 0 spiro atoms. The summed E-state index contributed by atoms with van der Waals surface area (Å²) in [6, 6.07) is 11.8. The van der Waals surface area contributed by atoms with E-state index in [1.807, 2.05) is 6.07 Å². The highest BCUT2D eigenvalue weighted by atomic mass is 16.3. The molecule has 0 radical (unpaired) electrons. The molecular weight excluding hydrogens is 216 g/mol. The molecule has 0 aliphatic carbocycles. The van der Waals surface area contributed by atoms with Crippen LogP contribution in [0.4, 0.5) is 0 Å². The number of hydrogen-bond acceptors (Lipinski definition) is 3. The minimum atomic E-state index is -0.362. The molecule has 86 valence electrons. The lowest BCUT2D eigenvalue weighted by Crippen LogP contribution is -2.01.